The van der Waals surface area contributed by atoms with Gasteiger partial charge in [0.2, 0.25) is 0 Å². The highest BCUT2D eigenvalue weighted by atomic mass is 32.2. The van der Waals surface area contributed by atoms with Gasteiger partial charge in [0.15, 0.2) is 11.0 Å². The molecule has 0 saturated heterocycles. The molecule has 0 radical (unpaired) electrons. The van der Waals surface area contributed by atoms with Crippen LogP contribution >= 0.6 is 0 Å². The van der Waals surface area contributed by atoms with Gasteiger partial charge >= 0.3 is 6.09 Å². The molecule has 0 saturated carbocycles. The number of carbonyl (C=O) groups excluding carboxylic acids is 1. The van der Waals surface area contributed by atoms with Crippen LogP contribution in [-0.4, -0.2) is 34.5 Å². The Kier molecular flexibility index (Phi) is 6.17. The first-order valence-electron chi connectivity index (χ1n) is 9.59. The third-order valence-electron chi connectivity index (χ3n) is 4.60. The Labute approximate surface area is 174 Å². The van der Waals surface area contributed by atoms with Crippen molar-refractivity contribution in [1.29, 1.82) is 0 Å². The molecular weight excluding hydrogens is 388 g/mol. The van der Waals surface area contributed by atoms with Crippen molar-refractivity contribution < 1.29 is 18.5 Å². The average Bonchev–Trinajstić information content (AvgIpc) is 2.66. The first kappa shape index (κ1) is 21.2. The summed E-state index contributed by atoms with van der Waals surface area (Å²) in [7, 11) is 0.128. The molecule has 2 aromatic carbocycles. The van der Waals surface area contributed by atoms with Gasteiger partial charge in [0.05, 0.1) is 7.11 Å². The first-order valence-corrected chi connectivity index (χ1v) is 10.7. The number of nitrogens with zero attached hydrogens (tertiary/aromatic N) is 1. The summed E-state index contributed by atoms with van der Waals surface area (Å²) >= 11 is 0. The van der Waals surface area contributed by atoms with E-state index in [9.17, 15) is 9.00 Å². The Morgan fingerprint density at radius 1 is 1.14 bits per heavy atom. The van der Waals surface area contributed by atoms with Crippen LogP contribution < -0.4 is 9.46 Å². The number of hydrogen-bond acceptors (Lipinski definition) is 4. The second-order valence-corrected chi connectivity index (χ2v) is 9.34. The van der Waals surface area contributed by atoms with Crippen LogP contribution in [-0.2, 0) is 28.7 Å². The largest absolute Gasteiger partial charge is 0.495 e. The minimum absolute atomic E-state index is 0.294. The van der Waals surface area contributed by atoms with Crippen LogP contribution in [0.5, 0.6) is 5.75 Å². The molecule has 0 bridgehead atoms. The molecule has 1 amide bonds. The van der Waals surface area contributed by atoms with Gasteiger partial charge in [0.1, 0.15) is 16.2 Å². The van der Waals surface area contributed by atoms with E-state index in [0.717, 1.165) is 28.8 Å². The fourth-order valence-electron chi connectivity index (χ4n) is 3.19. The summed E-state index contributed by atoms with van der Waals surface area (Å²) in [5.41, 5.74) is 3.50. The number of nitrogens with one attached hydrogen (secondary N) is 1. The highest BCUT2D eigenvalue weighted by Gasteiger charge is 2.26. The Bertz CT molecular complexity index is 937. The normalized spacial score (nSPS) is 14.7. The van der Waals surface area contributed by atoms with Crippen molar-refractivity contribution in [2.45, 2.75) is 51.2 Å². The molecule has 1 heterocycles. The number of anilines is 1. The zero-order chi connectivity index (χ0) is 21.2. The van der Waals surface area contributed by atoms with Crippen molar-refractivity contribution in [2.24, 2.45) is 0 Å². The van der Waals surface area contributed by atoms with E-state index in [4.69, 9.17) is 9.47 Å². The molecule has 0 aliphatic carbocycles. The summed E-state index contributed by atoms with van der Waals surface area (Å²) in [6.07, 6.45) is 0.433. The van der Waals surface area contributed by atoms with E-state index >= 15 is 0 Å². The SMILES string of the molecule is COc1ccc(C)cc1S(=O)Nc1ccc2c(c1)CCN(C(=O)OC(C)(C)C)C2. The fraction of sp³-hybridized carbons (Fsp3) is 0.409. The standard InChI is InChI=1S/C22H28N2O4S/c1-15-6-9-19(27-5)20(12-15)29(26)23-18-8-7-17-14-24(11-10-16(17)13-18)21(25)28-22(2,3)4/h6-9,12-13,23H,10-11,14H2,1-5H3. The van der Waals surface area contributed by atoms with Crippen LogP contribution in [0.25, 0.3) is 0 Å². The third-order valence-corrected chi connectivity index (χ3v) is 5.74. The third kappa shape index (κ3) is 5.29. The molecule has 3 rings (SSSR count). The fourth-order valence-corrected chi connectivity index (χ4v) is 4.27. The molecular formula is C22H28N2O4S. The van der Waals surface area contributed by atoms with E-state index in [1.54, 1.807) is 12.0 Å². The number of benzene rings is 2. The number of ether oxygens (including phenoxy) is 2. The summed E-state index contributed by atoms with van der Waals surface area (Å²) in [6.45, 7) is 8.66. The van der Waals surface area contributed by atoms with Crippen LogP contribution in [0.3, 0.4) is 0 Å². The number of rotatable bonds is 4. The summed E-state index contributed by atoms with van der Waals surface area (Å²) in [5, 5.41) is 0. The maximum Gasteiger partial charge on any atom is 0.410 e. The summed E-state index contributed by atoms with van der Waals surface area (Å²) in [4.78, 5) is 14.7. The lowest BCUT2D eigenvalue weighted by Crippen LogP contribution is -2.39. The molecule has 0 fully saturated rings. The van der Waals surface area contributed by atoms with Crippen molar-refractivity contribution in [1.82, 2.24) is 4.90 Å². The summed E-state index contributed by atoms with van der Waals surface area (Å²) in [5.74, 6) is 0.590. The Balaban J connectivity index is 1.72. The van der Waals surface area contributed by atoms with Gasteiger partial charge in [-0.05, 0) is 75.1 Å². The number of aryl methyl sites for hydroxylation is 1. The number of carbonyl (C=O) groups is 1. The van der Waals surface area contributed by atoms with E-state index in [2.05, 4.69) is 4.72 Å². The van der Waals surface area contributed by atoms with Gasteiger partial charge in [-0.3, -0.25) is 0 Å². The number of amides is 1. The minimum Gasteiger partial charge on any atom is -0.495 e. The van der Waals surface area contributed by atoms with Crippen molar-refractivity contribution in [3.8, 4) is 5.75 Å². The van der Waals surface area contributed by atoms with Crippen LogP contribution in [0, 0.1) is 6.92 Å². The maximum atomic E-state index is 12.8. The zero-order valence-corrected chi connectivity index (χ0v) is 18.4. The molecule has 0 aromatic heterocycles. The van der Waals surface area contributed by atoms with Crippen molar-refractivity contribution in [3.63, 3.8) is 0 Å². The molecule has 29 heavy (non-hydrogen) atoms. The molecule has 1 atom stereocenters. The molecule has 1 N–H and O–H groups in total. The van der Waals surface area contributed by atoms with Gasteiger partial charge in [-0.2, -0.15) is 0 Å². The first-order chi connectivity index (χ1) is 13.7. The van der Waals surface area contributed by atoms with Crippen LogP contribution in [0.15, 0.2) is 41.3 Å². The molecule has 6 nitrogen and oxygen atoms in total. The molecule has 0 spiro atoms. The average molecular weight is 417 g/mol. The monoisotopic (exact) mass is 416 g/mol. The molecule has 1 aliphatic heterocycles. The summed E-state index contributed by atoms with van der Waals surface area (Å²) in [6, 6.07) is 11.5. The number of methoxy groups -OCH3 is 1. The van der Waals surface area contributed by atoms with Gasteiger partial charge in [0.25, 0.3) is 0 Å². The Morgan fingerprint density at radius 3 is 2.59 bits per heavy atom. The van der Waals surface area contributed by atoms with Crippen molar-refractivity contribution >= 4 is 22.8 Å². The number of fused-ring (bicyclic) bond motifs is 1. The van der Waals surface area contributed by atoms with Crippen LogP contribution in [0.1, 0.15) is 37.5 Å². The van der Waals surface area contributed by atoms with E-state index in [0.29, 0.717) is 23.7 Å². The summed E-state index contributed by atoms with van der Waals surface area (Å²) < 4.78 is 26.7. The predicted octanol–water partition coefficient (Wildman–Crippen LogP) is 4.43. The van der Waals surface area contributed by atoms with Gasteiger partial charge in [-0.1, -0.05) is 12.1 Å². The zero-order valence-electron chi connectivity index (χ0n) is 17.6. The molecule has 156 valence electrons. The lowest BCUT2D eigenvalue weighted by molar-refractivity contribution is 0.0224. The molecule has 1 unspecified atom stereocenters. The highest BCUT2D eigenvalue weighted by Crippen LogP contribution is 2.27. The van der Waals surface area contributed by atoms with Crippen LogP contribution in [0.2, 0.25) is 0 Å². The molecule has 7 heteroatoms. The predicted molar refractivity (Wildman–Crippen MR) is 115 cm³/mol. The lowest BCUT2D eigenvalue weighted by Gasteiger charge is -2.31. The highest BCUT2D eigenvalue weighted by molar-refractivity contribution is 7.86. The Morgan fingerprint density at radius 2 is 1.90 bits per heavy atom. The van der Waals surface area contributed by atoms with E-state index in [1.807, 2.05) is 64.1 Å². The van der Waals surface area contributed by atoms with Crippen molar-refractivity contribution in [3.05, 3.63) is 53.1 Å². The Hall–Kier alpha value is -2.54. The van der Waals surface area contributed by atoms with Crippen LogP contribution in [0.4, 0.5) is 10.5 Å². The van der Waals surface area contributed by atoms with Crippen molar-refractivity contribution in [2.75, 3.05) is 18.4 Å². The van der Waals surface area contributed by atoms with Gasteiger partial charge < -0.3 is 19.1 Å². The van der Waals surface area contributed by atoms with E-state index < -0.39 is 16.6 Å². The second kappa shape index (κ2) is 8.45. The molecule has 1 aliphatic rings. The topological polar surface area (TPSA) is 67.9 Å². The van der Waals surface area contributed by atoms with Gasteiger partial charge in [-0.25, -0.2) is 9.00 Å². The maximum absolute atomic E-state index is 12.8. The quantitative estimate of drug-likeness (QED) is 0.801. The lowest BCUT2D eigenvalue weighted by atomic mass is 9.99. The smallest absolute Gasteiger partial charge is 0.410 e. The minimum atomic E-state index is -1.44. The van der Waals surface area contributed by atoms with Gasteiger partial charge in [0, 0.05) is 18.8 Å². The van der Waals surface area contributed by atoms with Gasteiger partial charge in [-0.15, -0.1) is 0 Å². The van der Waals surface area contributed by atoms with E-state index in [-0.39, 0.29) is 6.09 Å². The molecule has 2 aromatic rings. The van der Waals surface area contributed by atoms with E-state index in [1.165, 1.54) is 0 Å². The number of hydrogen-bond donors (Lipinski definition) is 1. The second-order valence-electron chi connectivity index (χ2n) is 8.16.